The molecule has 0 atom stereocenters. The molecule has 0 saturated heterocycles. The molecule has 0 spiro atoms. The van der Waals surface area contributed by atoms with Gasteiger partial charge >= 0.3 is 26.8 Å². The Labute approximate surface area is 159 Å². The predicted octanol–water partition coefficient (Wildman–Crippen LogP) is 0.808. The van der Waals surface area contributed by atoms with Gasteiger partial charge in [-0.25, -0.2) is 14.4 Å². The van der Waals surface area contributed by atoms with Crippen molar-refractivity contribution in [3.63, 3.8) is 0 Å². The number of hydrogen-bond acceptors (Lipinski definition) is 9. The van der Waals surface area contributed by atoms with E-state index in [-0.39, 0.29) is 19.8 Å². The molecule has 0 fully saturated rings. The maximum atomic E-state index is 11.9. The minimum Gasteiger partial charge on any atom is -0.458 e. The molecule has 0 aromatic rings. The molecule has 1 N–H and O–H groups in total. The molecule has 0 aromatic heterocycles. The minimum absolute atomic E-state index is 0.273. The molecule has 0 radical (unpaired) electrons. The number of carbonyl (C=O) groups excluding carboxylic acids is 3. The van der Waals surface area contributed by atoms with Crippen molar-refractivity contribution < 1.29 is 41.9 Å². The Balaban J connectivity index is 4.43. The summed E-state index contributed by atoms with van der Waals surface area (Å²) in [6.07, 6.45) is 0.708. The van der Waals surface area contributed by atoms with Crippen LogP contribution in [0.2, 0.25) is 6.04 Å². The van der Waals surface area contributed by atoms with Gasteiger partial charge in [0.25, 0.3) is 0 Å². The molecule has 0 aliphatic heterocycles. The first-order valence-electron chi connectivity index (χ1n) is 8.04. The molecule has 27 heavy (non-hydrogen) atoms. The normalized spacial score (nSPS) is 10.8. The van der Waals surface area contributed by atoms with Gasteiger partial charge in [-0.15, -0.1) is 0 Å². The van der Waals surface area contributed by atoms with E-state index in [0.717, 1.165) is 12.2 Å². The van der Waals surface area contributed by atoms with E-state index in [4.69, 9.17) is 27.5 Å². The molecule has 0 aliphatic rings. The van der Waals surface area contributed by atoms with Crippen LogP contribution < -0.4 is 5.32 Å². The standard InChI is InChI=1S/C16H27NO9Si/c1-6-14(18)24-11-13(12-25-15(19)7-2)26-16(20)17-9-8-10-27(21-3,22-4)23-5/h6-7,13H,1-2,8-12H2,3-5H3,(H,17,20). The lowest BCUT2D eigenvalue weighted by molar-refractivity contribution is -0.146. The van der Waals surface area contributed by atoms with Crippen LogP contribution in [0.15, 0.2) is 25.3 Å². The molecule has 0 aliphatic carbocycles. The number of esters is 2. The van der Waals surface area contributed by atoms with Gasteiger partial charge in [0.05, 0.1) is 0 Å². The molecular formula is C16H27NO9Si. The van der Waals surface area contributed by atoms with Crippen LogP contribution in [0.1, 0.15) is 6.42 Å². The summed E-state index contributed by atoms with van der Waals surface area (Å²) in [6, 6.07) is 0.494. The van der Waals surface area contributed by atoms with Crippen molar-refractivity contribution >= 4 is 26.8 Å². The summed E-state index contributed by atoms with van der Waals surface area (Å²) in [5.74, 6) is -1.39. The maximum Gasteiger partial charge on any atom is 0.500 e. The molecule has 1 amide bonds. The average Bonchev–Trinajstić information content (AvgIpc) is 2.69. The Morgan fingerprint density at radius 2 is 1.44 bits per heavy atom. The zero-order chi connectivity index (χ0) is 20.7. The van der Waals surface area contributed by atoms with Gasteiger partial charge in [0, 0.05) is 46.1 Å². The van der Waals surface area contributed by atoms with Crippen LogP contribution in [-0.4, -0.2) is 74.0 Å². The van der Waals surface area contributed by atoms with Crippen LogP contribution >= 0.6 is 0 Å². The van der Waals surface area contributed by atoms with Crippen molar-refractivity contribution in [3.8, 4) is 0 Å². The second kappa shape index (κ2) is 13.9. The summed E-state index contributed by atoms with van der Waals surface area (Å²) in [7, 11) is 1.80. The molecule has 10 nitrogen and oxygen atoms in total. The second-order valence-electron chi connectivity index (χ2n) is 5.02. The highest BCUT2D eigenvalue weighted by Gasteiger charge is 2.36. The summed E-state index contributed by atoms with van der Waals surface area (Å²) >= 11 is 0. The number of amides is 1. The Kier molecular flexibility index (Phi) is 12.8. The van der Waals surface area contributed by atoms with Crippen LogP contribution in [0, 0.1) is 0 Å². The summed E-state index contributed by atoms with van der Waals surface area (Å²) in [5.41, 5.74) is 0. The quantitative estimate of drug-likeness (QED) is 0.147. The zero-order valence-electron chi connectivity index (χ0n) is 15.9. The van der Waals surface area contributed by atoms with E-state index in [1.807, 2.05) is 0 Å². The predicted molar refractivity (Wildman–Crippen MR) is 96.8 cm³/mol. The van der Waals surface area contributed by atoms with Crippen molar-refractivity contribution in [2.75, 3.05) is 41.1 Å². The number of nitrogens with one attached hydrogen (secondary N) is 1. The van der Waals surface area contributed by atoms with Crippen molar-refractivity contribution in [3.05, 3.63) is 25.3 Å². The third kappa shape index (κ3) is 10.5. The lowest BCUT2D eigenvalue weighted by atomic mass is 10.4. The Morgan fingerprint density at radius 3 is 1.85 bits per heavy atom. The van der Waals surface area contributed by atoms with Gasteiger partial charge in [0.2, 0.25) is 0 Å². The number of rotatable bonds is 14. The number of ether oxygens (including phenoxy) is 3. The van der Waals surface area contributed by atoms with Gasteiger partial charge in [0.1, 0.15) is 13.2 Å². The Bertz CT molecular complexity index is 476. The summed E-state index contributed by atoms with van der Waals surface area (Å²) in [4.78, 5) is 34.1. The van der Waals surface area contributed by atoms with Gasteiger partial charge < -0.3 is 32.8 Å². The average molecular weight is 405 g/mol. The zero-order valence-corrected chi connectivity index (χ0v) is 16.9. The minimum atomic E-state index is -2.71. The number of carbonyl (C=O) groups is 3. The molecule has 154 valence electrons. The van der Waals surface area contributed by atoms with Crippen LogP contribution in [0.4, 0.5) is 4.79 Å². The monoisotopic (exact) mass is 405 g/mol. The van der Waals surface area contributed by atoms with E-state index in [1.54, 1.807) is 0 Å². The fraction of sp³-hybridized carbons (Fsp3) is 0.562. The second-order valence-corrected chi connectivity index (χ2v) is 8.11. The van der Waals surface area contributed by atoms with E-state index in [9.17, 15) is 14.4 Å². The third-order valence-electron chi connectivity index (χ3n) is 3.29. The van der Waals surface area contributed by atoms with Crippen LogP contribution in [0.25, 0.3) is 0 Å². The first kappa shape index (κ1) is 24.8. The van der Waals surface area contributed by atoms with Crippen LogP contribution in [0.5, 0.6) is 0 Å². The third-order valence-corrected chi connectivity index (χ3v) is 6.12. The van der Waals surface area contributed by atoms with Crippen molar-refractivity contribution in [1.82, 2.24) is 5.32 Å². The van der Waals surface area contributed by atoms with Crippen LogP contribution in [0.3, 0.4) is 0 Å². The summed E-state index contributed by atoms with van der Waals surface area (Å²) in [5, 5.41) is 2.53. The molecular weight excluding hydrogens is 378 g/mol. The number of alkyl carbamates (subject to hydrolysis) is 1. The smallest absolute Gasteiger partial charge is 0.458 e. The highest BCUT2D eigenvalue weighted by atomic mass is 28.4. The van der Waals surface area contributed by atoms with Gasteiger partial charge in [-0.2, -0.15) is 0 Å². The molecule has 0 heterocycles. The molecule has 0 bridgehead atoms. The fourth-order valence-corrected chi connectivity index (χ4v) is 3.55. The van der Waals surface area contributed by atoms with E-state index in [1.165, 1.54) is 21.3 Å². The molecule has 0 unspecified atom stereocenters. The SMILES string of the molecule is C=CC(=O)OCC(COC(=O)C=C)OC(=O)NCCC[Si](OC)(OC)OC. The highest BCUT2D eigenvalue weighted by molar-refractivity contribution is 6.60. The Hall–Kier alpha value is -2.21. The molecule has 11 heteroatoms. The number of hydrogen-bond donors (Lipinski definition) is 1. The van der Waals surface area contributed by atoms with Crippen molar-refractivity contribution in [2.45, 2.75) is 18.6 Å². The molecule has 0 saturated carbocycles. The van der Waals surface area contributed by atoms with E-state index < -0.39 is 32.9 Å². The summed E-state index contributed by atoms with van der Waals surface area (Å²) in [6.45, 7) is 6.20. The Morgan fingerprint density at radius 1 is 0.963 bits per heavy atom. The van der Waals surface area contributed by atoms with E-state index >= 15 is 0 Å². The lowest BCUT2D eigenvalue weighted by Gasteiger charge is -2.24. The van der Waals surface area contributed by atoms with Gasteiger partial charge in [-0.05, 0) is 6.42 Å². The molecule has 0 rings (SSSR count). The first-order chi connectivity index (χ1) is 12.9. The maximum absolute atomic E-state index is 11.9. The van der Waals surface area contributed by atoms with E-state index in [0.29, 0.717) is 12.5 Å². The lowest BCUT2D eigenvalue weighted by Crippen LogP contribution is -2.43. The first-order valence-corrected chi connectivity index (χ1v) is 9.97. The van der Waals surface area contributed by atoms with Gasteiger partial charge in [-0.1, -0.05) is 13.2 Å². The summed E-state index contributed by atoms with van der Waals surface area (Å²) < 4.78 is 30.5. The van der Waals surface area contributed by atoms with Gasteiger partial charge in [-0.3, -0.25) is 0 Å². The largest absolute Gasteiger partial charge is 0.500 e. The highest BCUT2D eigenvalue weighted by Crippen LogP contribution is 2.14. The van der Waals surface area contributed by atoms with Crippen molar-refractivity contribution in [1.29, 1.82) is 0 Å². The topological polar surface area (TPSA) is 119 Å². The molecule has 0 aromatic carbocycles. The van der Waals surface area contributed by atoms with Crippen molar-refractivity contribution in [2.24, 2.45) is 0 Å². The van der Waals surface area contributed by atoms with Crippen LogP contribution in [-0.2, 0) is 37.1 Å². The fourth-order valence-electron chi connectivity index (χ4n) is 1.83. The van der Waals surface area contributed by atoms with E-state index in [2.05, 4.69) is 18.5 Å². The van der Waals surface area contributed by atoms with Gasteiger partial charge in [0.15, 0.2) is 6.10 Å².